The third-order valence-electron chi connectivity index (χ3n) is 3.38. The third kappa shape index (κ3) is 3.62. The first-order chi connectivity index (χ1) is 10.0. The van der Waals surface area contributed by atoms with Gasteiger partial charge >= 0.3 is 0 Å². The normalized spacial score (nSPS) is 14.4. The van der Waals surface area contributed by atoms with E-state index < -0.39 is 6.43 Å². The molecule has 2 aromatic heterocycles. The molecular formula is C14H18F2N4O. The third-order valence-corrected chi connectivity index (χ3v) is 3.38. The number of rotatable bonds is 6. The molecule has 7 heteroatoms. The molecule has 2 aromatic rings. The molecule has 0 aliphatic carbocycles. The van der Waals surface area contributed by atoms with Crippen LogP contribution in [0.3, 0.4) is 0 Å². The standard InChI is InChI=1S/C14H18F2N4O/c1-9(10-3-4-11(14(15)16)17-7-10)19-12(8-21)13-5-6-18-20(13)2/h3-7,9,12,14,19,21H,8H2,1-2H3. The second-order valence-corrected chi connectivity index (χ2v) is 4.82. The molecule has 0 aliphatic heterocycles. The highest BCUT2D eigenvalue weighted by molar-refractivity contribution is 5.19. The van der Waals surface area contributed by atoms with E-state index in [0.717, 1.165) is 11.3 Å². The van der Waals surface area contributed by atoms with Gasteiger partial charge in [0.2, 0.25) is 0 Å². The predicted octanol–water partition coefficient (Wildman–Crippen LogP) is 2.14. The largest absolute Gasteiger partial charge is 0.394 e. The van der Waals surface area contributed by atoms with E-state index in [0.29, 0.717) is 0 Å². The minimum atomic E-state index is -2.57. The molecule has 0 saturated heterocycles. The minimum absolute atomic E-state index is 0.0909. The van der Waals surface area contributed by atoms with Gasteiger partial charge in [-0.25, -0.2) is 8.78 Å². The number of aromatic nitrogens is 3. The molecule has 0 spiro atoms. The van der Waals surface area contributed by atoms with Crippen LogP contribution >= 0.6 is 0 Å². The predicted molar refractivity (Wildman–Crippen MR) is 73.8 cm³/mol. The van der Waals surface area contributed by atoms with E-state index in [9.17, 15) is 13.9 Å². The Morgan fingerprint density at radius 2 is 2.10 bits per heavy atom. The summed E-state index contributed by atoms with van der Waals surface area (Å²) in [5.41, 5.74) is 1.39. The number of hydrogen-bond donors (Lipinski definition) is 2. The summed E-state index contributed by atoms with van der Waals surface area (Å²) in [6.45, 7) is 1.80. The van der Waals surface area contributed by atoms with Crippen molar-refractivity contribution in [2.75, 3.05) is 6.61 Å². The lowest BCUT2D eigenvalue weighted by atomic mass is 10.1. The number of alkyl halides is 2. The van der Waals surface area contributed by atoms with Gasteiger partial charge in [-0.05, 0) is 24.6 Å². The molecule has 0 aliphatic rings. The lowest BCUT2D eigenvalue weighted by molar-refractivity contribution is 0.146. The molecule has 2 rings (SSSR count). The monoisotopic (exact) mass is 296 g/mol. The van der Waals surface area contributed by atoms with Crippen molar-refractivity contribution in [1.82, 2.24) is 20.1 Å². The van der Waals surface area contributed by atoms with Crippen LogP contribution < -0.4 is 5.32 Å². The summed E-state index contributed by atoms with van der Waals surface area (Å²) in [6.07, 6.45) is 0.516. The number of aliphatic hydroxyl groups is 1. The summed E-state index contributed by atoms with van der Waals surface area (Å²) in [5.74, 6) is 0. The van der Waals surface area contributed by atoms with E-state index in [4.69, 9.17) is 0 Å². The van der Waals surface area contributed by atoms with E-state index in [1.165, 1.54) is 12.3 Å². The van der Waals surface area contributed by atoms with Gasteiger partial charge in [0.1, 0.15) is 5.69 Å². The molecule has 2 atom stereocenters. The van der Waals surface area contributed by atoms with Gasteiger partial charge < -0.3 is 10.4 Å². The molecule has 21 heavy (non-hydrogen) atoms. The molecule has 114 valence electrons. The summed E-state index contributed by atoms with van der Waals surface area (Å²) in [6, 6.07) is 4.32. The number of aryl methyl sites for hydroxylation is 1. The highest BCUT2D eigenvalue weighted by atomic mass is 19.3. The van der Waals surface area contributed by atoms with Crippen LogP contribution in [0.1, 0.15) is 42.4 Å². The van der Waals surface area contributed by atoms with Crippen molar-refractivity contribution in [2.24, 2.45) is 7.05 Å². The van der Waals surface area contributed by atoms with Crippen LogP contribution in [0.2, 0.25) is 0 Å². The maximum absolute atomic E-state index is 12.5. The van der Waals surface area contributed by atoms with Gasteiger partial charge in [-0.1, -0.05) is 6.07 Å². The van der Waals surface area contributed by atoms with Crippen molar-refractivity contribution < 1.29 is 13.9 Å². The van der Waals surface area contributed by atoms with Crippen molar-refractivity contribution in [3.63, 3.8) is 0 Å². The number of nitrogens with one attached hydrogen (secondary N) is 1. The second-order valence-electron chi connectivity index (χ2n) is 4.82. The Morgan fingerprint density at radius 3 is 2.57 bits per heavy atom. The summed E-state index contributed by atoms with van der Waals surface area (Å²) in [4.78, 5) is 3.74. The summed E-state index contributed by atoms with van der Waals surface area (Å²) < 4.78 is 26.6. The Balaban J connectivity index is 2.09. The smallest absolute Gasteiger partial charge is 0.280 e. The van der Waals surface area contributed by atoms with Crippen molar-refractivity contribution >= 4 is 0 Å². The van der Waals surface area contributed by atoms with Crippen LogP contribution in [0.4, 0.5) is 8.78 Å². The number of halogens is 2. The first-order valence-electron chi connectivity index (χ1n) is 6.61. The van der Waals surface area contributed by atoms with Gasteiger partial charge in [0.05, 0.1) is 18.3 Å². The van der Waals surface area contributed by atoms with Crippen LogP contribution in [-0.2, 0) is 7.05 Å². The maximum Gasteiger partial charge on any atom is 0.280 e. The topological polar surface area (TPSA) is 63.0 Å². The fraction of sp³-hybridized carbons (Fsp3) is 0.429. The number of nitrogens with zero attached hydrogens (tertiary/aromatic N) is 3. The minimum Gasteiger partial charge on any atom is -0.394 e. The van der Waals surface area contributed by atoms with Gasteiger partial charge in [-0.2, -0.15) is 5.10 Å². The molecule has 2 unspecified atom stereocenters. The SMILES string of the molecule is CC(NC(CO)c1ccnn1C)c1ccc(C(F)F)nc1. The van der Waals surface area contributed by atoms with Crippen molar-refractivity contribution in [1.29, 1.82) is 0 Å². The van der Waals surface area contributed by atoms with Gasteiger partial charge in [-0.15, -0.1) is 0 Å². The quantitative estimate of drug-likeness (QED) is 0.857. The Hall–Kier alpha value is -1.86. The van der Waals surface area contributed by atoms with E-state index in [1.807, 2.05) is 13.0 Å². The maximum atomic E-state index is 12.5. The molecule has 5 nitrogen and oxygen atoms in total. The van der Waals surface area contributed by atoms with Crippen molar-refractivity contribution in [3.8, 4) is 0 Å². The molecule has 0 fully saturated rings. The van der Waals surface area contributed by atoms with Crippen LogP contribution in [0.25, 0.3) is 0 Å². The van der Waals surface area contributed by atoms with E-state index in [2.05, 4.69) is 15.4 Å². The molecular weight excluding hydrogens is 278 g/mol. The fourth-order valence-corrected chi connectivity index (χ4v) is 2.16. The Morgan fingerprint density at radius 1 is 1.33 bits per heavy atom. The lowest BCUT2D eigenvalue weighted by Crippen LogP contribution is -2.29. The Kier molecular flexibility index (Phi) is 4.98. The summed E-state index contributed by atoms with van der Waals surface area (Å²) >= 11 is 0. The molecule has 0 saturated carbocycles. The molecule has 2 N–H and O–H groups in total. The first-order valence-corrected chi connectivity index (χ1v) is 6.61. The van der Waals surface area contributed by atoms with Crippen molar-refractivity contribution in [3.05, 3.63) is 47.5 Å². The van der Waals surface area contributed by atoms with Crippen LogP contribution in [0, 0.1) is 0 Å². The molecule has 0 bridgehead atoms. The average molecular weight is 296 g/mol. The number of hydrogen-bond acceptors (Lipinski definition) is 4. The highest BCUT2D eigenvalue weighted by Gasteiger charge is 2.18. The second kappa shape index (κ2) is 6.73. The van der Waals surface area contributed by atoms with Gasteiger partial charge in [0.15, 0.2) is 0 Å². The Bertz CT molecular complexity index is 571. The fourth-order valence-electron chi connectivity index (χ4n) is 2.16. The van der Waals surface area contributed by atoms with Gasteiger partial charge in [0, 0.05) is 25.5 Å². The lowest BCUT2D eigenvalue weighted by Gasteiger charge is -2.22. The van der Waals surface area contributed by atoms with Gasteiger partial charge in [-0.3, -0.25) is 9.67 Å². The van der Waals surface area contributed by atoms with Crippen LogP contribution in [-0.4, -0.2) is 26.5 Å². The van der Waals surface area contributed by atoms with E-state index in [-0.39, 0.29) is 24.4 Å². The van der Waals surface area contributed by atoms with E-state index in [1.54, 1.807) is 24.0 Å². The average Bonchev–Trinajstić information content (AvgIpc) is 2.90. The molecule has 0 radical (unpaired) electrons. The Labute approximate surface area is 121 Å². The van der Waals surface area contributed by atoms with Crippen LogP contribution in [0.15, 0.2) is 30.6 Å². The molecule has 2 heterocycles. The summed E-state index contributed by atoms with van der Waals surface area (Å²) in [5, 5.41) is 16.8. The van der Waals surface area contributed by atoms with Crippen LogP contribution in [0.5, 0.6) is 0 Å². The zero-order valence-electron chi connectivity index (χ0n) is 11.9. The van der Waals surface area contributed by atoms with Crippen molar-refractivity contribution in [2.45, 2.75) is 25.4 Å². The summed E-state index contributed by atoms with van der Waals surface area (Å²) in [7, 11) is 1.79. The highest BCUT2D eigenvalue weighted by Crippen LogP contribution is 2.21. The zero-order chi connectivity index (χ0) is 15.4. The number of aliphatic hydroxyl groups excluding tert-OH is 1. The molecule has 0 amide bonds. The number of pyridine rings is 1. The first kappa shape index (κ1) is 15.5. The van der Waals surface area contributed by atoms with Gasteiger partial charge in [0.25, 0.3) is 6.43 Å². The molecule has 0 aromatic carbocycles. The van der Waals surface area contributed by atoms with E-state index >= 15 is 0 Å². The zero-order valence-corrected chi connectivity index (χ0v) is 11.9.